The third-order valence-corrected chi connectivity index (χ3v) is 5.63. The van der Waals surface area contributed by atoms with Crippen LogP contribution >= 0.6 is 0 Å². The summed E-state index contributed by atoms with van der Waals surface area (Å²) in [5.41, 5.74) is 0.814. The Bertz CT molecular complexity index is 1470. The molecule has 1 aromatic carbocycles. The highest BCUT2D eigenvalue weighted by Gasteiger charge is 2.27. The fourth-order valence-electron chi connectivity index (χ4n) is 3.25. The van der Waals surface area contributed by atoms with Gasteiger partial charge in [-0.05, 0) is 42.8 Å². The van der Waals surface area contributed by atoms with E-state index < -0.39 is 17.2 Å². The first-order valence-corrected chi connectivity index (χ1v) is 11.6. The lowest BCUT2D eigenvalue weighted by Crippen LogP contribution is -2.23. The number of ether oxygens (including phenoxy) is 3. The maximum atomic E-state index is 12.5. The number of hydrogen-bond donors (Lipinski definition) is 1. The summed E-state index contributed by atoms with van der Waals surface area (Å²) in [6.07, 6.45) is 2.77. The number of nitrogens with zero attached hydrogens (tertiary/aromatic N) is 5. The summed E-state index contributed by atoms with van der Waals surface area (Å²) >= 11 is -2.92. The van der Waals surface area contributed by atoms with E-state index in [4.69, 9.17) is 14.2 Å². The van der Waals surface area contributed by atoms with Gasteiger partial charge in [-0.15, -0.1) is 0 Å². The minimum absolute atomic E-state index is 0.0245. The molecule has 0 saturated carbocycles. The van der Waals surface area contributed by atoms with E-state index in [1.165, 1.54) is 44.8 Å². The highest BCUT2D eigenvalue weighted by Crippen LogP contribution is 2.44. The van der Waals surface area contributed by atoms with Crippen molar-refractivity contribution in [2.24, 2.45) is 0 Å². The number of rotatable bonds is 9. The van der Waals surface area contributed by atoms with Gasteiger partial charge in [-0.3, -0.25) is 4.21 Å². The average molecular weight is 523 g/mol. The molecule has 0 amide bonds. The third kappa shape index (κ3) is 5.47. The molecule has 0 fully saturated rings. The lowest BCUT2D eigenvalue weighted by atomic mass is 10.2. The van der Waals surface area contributed by atoms with Crippen molar-refractivity contribution >= 4 is 28.9 Å². The number of aryl methyl sites for hydroxylation is 1. The number of methoxy groups -OCH3 is 2. The van der Waals surface area contributed by atoms with Gasteiger partial charge in [0.25, 0.3) is 5.88 Å². The molecule has 4 aromatic rings. The Hall–Kier alpha value is -4.62. The van der Waals surface area contributed by atoms with Crippen LogP contribution in [0.3, 0.4) is 0 Å². The van der Waals surface area contributed by atoms with Crippen LogP contribution < -0.4 is 18.5 Å². The Balaban J connectivity index is 1.98. The number of pyridine rings is 2. The molecule has 1 N–H and O–H groups in total. The van der Waals surface area contributed by atoms with E-state index >= 15 is 0 Å². The summed E-state index contributed by atoms with van der Waals surface area (Å²) in [5.74, 6) is -1.16. The van der Waals surface area contributed by atoms with E-state index in [2.05, 4.69) is 19.9 Å². The molecule has 37 heavy (non-hydrogen) atoms. The van der Waals surface area contributed by atoms with Crippen LogP contribution in [0.15, 0.2) is 60.9 Å². The van der Waals surface area contributed by atoms with Crippen molar-refractivity contribution in [2.45, 2.75) is 6.92 Å². The predicted molar refractivity (Wildman–Crippen MR) is 132 cm³/mol. The molecular weight excluding hydrogens is 502 g/mol. The first kappa shape index (κ1) is 25.5. The summed E-state index contributed by atoms with van der Waals surface area (Å²) in [6.45, 7) is 1.81. The fourth-order valence-corrected chi connectivity index (χ4v) is 3.77. The van der Waals surface area contributed by atoms with Crippen molar-refractivity contribution in [3.05, 3.63) is 72.2 Å². The first-order valence-electron chi connectivity index (χ1n) is 10.6. The number of carboxylic acids is 1. The standard InChI is InChI=1S/C24H21N5O7S/c1-14-8-9-19(26-13-14)29(37(32)33)22-20(36-18-7-5-4-6-17(18)34-2)23(35-3)28-21(27-22)15-10-11-25-16(12-15)24(30)31/h4-13H,1-3H3,(H,30,31)(H,32,33)/p-1. The van der Waals surface area contributed by atoms with Crippen molar-refractivity contribution in [1.82, 2.24) is 19.9 Å². The van der Waals surface area contributed by atoms with Gasteiger partial charge in [0.15, 0.2) is 23.1 Å². The topological polar surface area (TPSA) is 160 Å². The SMILES string of the molecule is COc1ccccc1Oc1c(OC)nc(-c2ccnc(C(=O)O)c2)nc1N(c1ccc(C)cn1)S(=O)[O-]. The molecule has 4 rings (SSSR count). The highest BCUT2D eigenvalue weighted by molar-refractivity contribution is 7.81. The maximum Gasteiger partial charge on any atom is 0.354 e. The second-order valence-electron chi connectivity index (χ2n) is 7.40. The van der Waals surface area contributed by atoms with E-state index in [1.807, 2.05) is 0 Å². The molecule has 0 bridgehead atoms. The third-order valence-electron chi connectivity index (χ3n) is 4.97. The van der Waals surface area contributed by atoms with Gasteiger partial charge >= 0.3 is 5.97 Å². The molecular formula is C24H20N5O7S-. The van der Waals surface area contributed by atoms with E-state index in [0.29, 0.717) is 5.75 Å². The molecule has 12 nitrogen and oxygen atoms in total. The zero-order valence-electron chi connectivity index (χ0n) is 19.8. The number of anilines is 2. The molecule has 190 valence electrons. The Morgan fingerprint density at radius 3 is 2.41 bits per heavy atom. The summed E-state index contributed by atoms with van der Waals surface area (Å²) < 4.78 is 42.7. The van der Waals surface area contributed by atoms with Crippen LogP contribution in [0.4, 0.5) is 11.6 Å². The molecule has 0 aliphatic heterocycles. The lowest BCUT2D eigenvalue weighted by molar-refractivity contribution is 0.0690. The summed E-state index contributed by atoms with van der Waals surface area (Å²) in [5, 5.41) is 9.34. The van der Waals surface area contributed by atoms with Crippen molar-refractivity contribution in [3.63, 3.8) is 0 Å². The molecule has 0 radical (unpaired) electrons. The smallest absolute Gasteiger partial charge is 0.354 e. The van der Waals surface area contributed by atoms with Crippen LogP contribution in [-0.2, 0) is 11.3 Å². The van der Waals surface area contributed by atoms with Crippen LogP contribution in [-0.4, -0.2) is 54.0 Å². The molecule has 13 heteroatoms. The van der Waals surface area contributed by atoms with Crippen molar-refractivity contribution < 1.29 is 32.9 Å². The zero-order valence-corrected chi connectivity index (χ0v) is 20.6. The minimum Gasteiger partial charge on any atom is -0.755 e. The quantitative estimate of drug-likeness (QED) is 0.319. The van der Waals surface area contributed by atoms with Crippen molar-refractivity contribution in [1.29, 1.82) is 0 Å². The van der Waals surface area contributed by atoms with Crippen molar-refractivity contribution in [3.8, 4) is 34.5 Å². The summed E-state index contributed by atoms with van der Waals surface area (Å²) in [6, 6.07) is 12.6. The Labute approximate surface area is 214 Å². The monoisotopic (exact) mass is 522 g/mol. The number of aromatic nitrogens is 4. The molecule has 3 aromatic heterocycles. The Kier molecular flexibility index (Phi) is 7.55. The largest absolute Gasteiger partial charge is 0.755 e. The predicted octanol–water partition coefficient (Wildman–Crippen LogP) is 3.68. The Morgan fingerprint density at radius 1 is 1.03 bits per heavy atom. The highest BCUT2D eigenvalue weighted by atomic mass is 32.2. The maximum absolute atomic E-state index is 12.5. The van der Waals surface area contributed by atoms with Crippen LogP contribution in [0.2, 0.25) is 0 Å². The van der Waals surface area contributed by atoms with Crippen LogP contribution in [0.5, 0.6) is 23.1 Å². The van der Waals surface area contributed by atoms with E-state index in [-0.39, 0.29) is 46.1 Å². The van der Waals surface area contributed by atoms with E-state index in [1.54, 1.807) is 37.3 Å². The molecule has 0 aliphatic carbocycles. The number of aromatic carboxylic acids is 1. The number of benzene rings is 1. The zero-order chi connectivity index (χ0) is 26.5. The van der Waals surface area contributed by atoms with Gasteiger partial charge in [0.2, 0.25) is 5.75 Å². The van der Waals surface area contributed by atoms with Gasteiger partial charge in [-0.25, -0.2) is 24.1 Å². The molecule has 0 saturated heterocycles. The number of hydrogen-bond acceptors (Lipinski definition) is 10. The second-order valence-corrected chi connectivity index (χ2v) is 8.20. The van der Waals surface area contributed by atoms with Gasteiger partial charge in [0.05, 0.1) is 25.5 Å². The molecule has 1 unspecified atom stereocenters. The molecule has 0 aliphatic rings. The van der Waals surface area contributed by atoms with Crippen LogP contribution in [0.1, 0.15) is 16.1 Å². The van der Waals surface area contributed by atoms with E-state index in [0.717, 1.165) is 9.87 Å². The fraction of sp³-hybridized carbons (Fsp3) is 0.125. The van der Waals surface area contributed by atoms with Crippen LogP contribution in [0, 0.1) is 6.92 Å². The summed E-state index contributed by atoms with van der Waals surface area (Å²) in [7, 11) is 2.78. The van der Waals surface area contributed by atoms with Crippen LogP contribution in [0.25, 0.3) is 11.4 Å². The van der Waals surface area contributed by atoms with Crippen molar-refractivity contribution in [2.75, 3.05) is 18.5 Å². The van der Waals surface area contributed by atoms with Gasteiger partial charge in [0.1, 0.15) is 11.5 Å². The Morgan fingerprint density at radius 2 is 1.78 bits per heavy atom. The average Bonchev–Trinajstić information content (AvgIpc) is 2.90. The van der Waals surface area contributed by atoms with Gasteiger partial charge < -0.3 is 23.9 Å². The van der Waals surface area contributed by atoms with Gasteiger partial charge in [-0.1, -0.05) is 18.2 Å². The molecule has 3 heterocycles. The number of carboxylic acid groups (broad SMARTS) is 1. The number of carbonyl (C=O) groups is 1. The first-order chi connectivity index (χ1) is 17.8. The normalized spacial score (nSPS) is 11.5. The summed E-state index contributed by atoms with van der Waals surface area (Å²) in [4.78, 5) is 28.3. The minimum atomic E-state index is -2.92. The molecule has 0 spiro atoms. The van der Waals surface area contributed by atoms with E-state index in [9.17, 15) is 18.7 Å². The van der Waals surface area contributed by atoms with Gasteiger partial charge in [-0.2, -0.15) is 4.98 Å². The number of para-hydroxylation sites is 2. The van der Waals surface area contributed by atoms with Gasteiger partial charge in [0, 0.05) is 18.0 Å². The second kappa shape index (κ2) is 11.0. The molecule has 1 atom stereocenters. The lowest BCUT2D eigenvalue weighted by Gasteiger charge is -2.27.